The molecule has 0 radical (unpaired) electrons. The van der Waals surface area contributed by atoms with Crippen LogP contribution >= 0.6 is 0 Å². The molecule has 6 nitrogen and oxygen atoms in total. The van der Waals surface area contributed by atoms with Crippen LogP contribution < -0.4 is 5.32 Å². The van der Waals surface area contributed by atoms with E-state index in [2.05, 4.69) is 10.3 Å². The van der Waals surface area contributed by atoms with Crippen molar-refractivity contribution in [1.29, 1.82) is 0 Å². The van der Waals surface area contributed by atoms with Gasteiger partial charge in [-0.15, -0.1) is 0 Å². The molecule has 0 aliphatic carbocycles. The number of anilines is 2. The summed E-state index contributed by atoms with van der Waals surface area (Å²) < 4.78 is 13.2. The average molecular weight is 328 g/mol. The van der Waals surface area contributed by atoms with Crippen LogP contribution in [0.15, 0.2) is 42.6 Å². The molecule has 2 amide bonds. The van der Waals surface area contributed by atoms with Crippen molar-refractivity contribution in [3.63, 3.8) is 0 Å². The molecule has 3 rings (SSSR count). The first-order chi connectivity index (χ1) is 11.7. The predicted molar refractivity (Wildman–Crippen MR) is 87.5 cm³/mol. The second-order valence-corrected chi connectivity index (χ2v) is 5.50. The van der Waals surface area contributed by atoms with E-state index in [9.17, 15) is 14.0 Å². The molecule has 1 N–H and O–H groups in total. The van der Waals surface area contributed by atoms with Gasteiger partial charge in [-0.3, -0.25) is 14.6 Å². The predicted octanol–water partition coefficient (Wildman–Crippen LogP) is 1.88. The largest absolute Gasteiger partial charge is 0.355 e. The van der Waals surface area contributed by atoms with Crippen molar-refractivity contribution in [2.45, 2.75) is 0 Å². The van der Waals surface area contributed by atoms with Crippen molar-refractivity contribution in [2.75, 3.05) is 31.5 Å². The third-order valence-corrected chi connectivity index (χ3v) is 3.84. The van der Waals surface area contributed by atoms with Crippen molar-refractivity contribution in [2.24, 2.45) is 0 Å². The van der Waals surface area contributed by atoms with Gasteiger partial charge in [0.1, 0.15) is 11.5 Å². The first kappa shape index (κ1) is 15.9. The number of hydrogen-bond acceptors (Lipinski definition) is 4. The number of rotatable bonds is 4. The molecule has 1 aliphatic heterocycles. The first-order valence-corrected chi connectivity index (χ1v) is 7.63. The second-order valence-electron chi connectivity index (χ2n) is 5.50. The number of carbonyl (C=O) groups is 2. The summed E-state index contributed by atoms with van der Waals surface area (Å²) in [4.78, 5) is 30.7. The number of carbonyl (C=O) groups excluding carboxylic acids is 2. The molecular weight excluding hydrogens is 311 g/mol. The molecule has 0 bridgehead atoms. The molecule has 7 heteroatoms. The highest BCUT2D eigenvalue weighted by atomic mass is 19.1. The Morgan fingerprint density at radius 1 is 1.12 bits per heavy atom. The summed E-state index contributed by atoms with van der Waals surface area (Å²) in [6, 6.07) is 9.44. The van der Waals surface area contributed by atoms with Crippen molar-refractivity contribution in [3.8, 4) is 0 Å². The van der Waals surface area contributed by atoms with E-state index in [1.54, 1.807) is 34.1 Å². The van der Waals surface area contributed by atoms with Crippen LogP contribution in [0.25, 0.3) is 0 Å². The van der Waals surface area contributed by atoms with Crippen molar-refractivity contribution < 1.29 is 14.0 Å². The molecule has 1 saturated heterocycles. The van der Waals surface area contributed by atoms with Crippen LogP contribution in [0.1, 0.15) is 10.5 Å². The van der Waals surface area contributed by atoms with E-state index >= 15 is 0 Å². The fraction of sp³-hybridized carbons (Fsp3) is 0.235. The zero-order chi connectivity index (χ0) is 16.9. The number of aromatic nitrogens is 1. The molecule has 1 fully saturated rings. The Morgan fingerprint density at radius 2 is 1.88 bits per heavy atom. The Bertz CT molecular complexity index is 745. The highest BCUT2D eigenvalue weighted by Crippen LogP contribution is 2.18. The number of pyridine rings is 1. The van der Waals surface area contributed by atoms with Crippen molar-refractivity contribution in [3.05, 3.63) is 54.1 Å². The average Bonchev–Trinajstić information content (AvgIpc) is 2.61. The summed E-state index contributed by atoms with van der Waals surface area (Å²) in [5.41, 5.74) is 1.57. The van der Waals surface area contributed by atoms with Crippen LogP contribution in [0.5, 0.6) is 0 Å². The lowest BCUT2D eigenvalue weighted by Crippen LogP contribution is -2.48. The van der Waals surface area contributed by atoms with Gasteiger partial charge in [0.2, 0.25) is 6.41 Å². The molecule has 2 heterocycles. The molecule has 0 saturated carbocycles. The third kappa shape index (κ3) is 3.68. The Labute approximate surface area is 138 Å². The van der Waals surface area contributed by atoms with Gasteiger partial charge >= 0.3 is 0 Å². The third-order valence-electron chi connectivity index (χ3n) is 3.84. The molecule has 1 aliphatic rings. The number of piperazine rings is 1. The number of benzene rings is 1. The molecule has 1 aromatic carbocycles. The monoisotopic (exact) mass is 328 g/mol. The van der Waals surface area contributed by atoms with Gasteiger partial charge in [-0.05, 0) is 30.3 Å². The van der Waals surface area contributed by atoms with Gasteiger partial charge in [-0.1, -0.05) is 6.07 Å². The summed E-state index contributed by atoms with van der Waals surface area (Å²) in [7, 11) is 0. The lowest BCUT2D eigenvalue weighted by Gasteiger charge is -2.32. The molecule has 0 unspecified atom stereocenters. The van der Waals surface area contributed by atoms with Crippen LogP contribution in [0.2, 0.25) is 0 Å². The molecule has 0 spiro atoms. The zero-order valence-corrected chi connectivity index (χ0v) is 13.0. The maximum Gasteiger partial charge on any atom is 0.272 e. The van der Waals surface area contributed by atoms with E-state index < -0.39 is 0 Å². The summed E-state index contributed by atoms with van der Waals surface area (Å²) in [5, 5.41) is 3.05. The summed E-state index contributed by atoms with van der Waals surface area (Å²) in [6.07, 6.45) is 2.33. The van der Waals surface area contributed by atoms with Crippen molar-refractivity contribution in [1.82, 2.24) is 14.8 Å². The van der Waals surface area contributed by atoms with Crippen LogP contribution in [-0.4, -0.2) is 53.3 Å². The van der Waals surface area contributed by atoms with E-state index in [1.165, 1.54) is 18.3 Å². The van der Waals surface area contributed by atoms with Gasteiger partial charge in [-0.25, -0.2) is 4.39 Å². The lowest BCUT2D eigenvalue weighted by atomic mass is 10.2. The minimum atomic E-state index is -0.335. The Hall–Kier alpha value is -2.96. The van der Waals surface area contributed by atoms with Crippen LogP contribution in [0.3, 0.4) is 0 Å². The van der Waals surface area contributed by atoms with Gasteiger partial charge in [0.25, 0.3) is 5.91 Å². The number of nitrogens with zero attached hydrogens (tertiary/aromatic N) is 3. The Balaban J connectivity index is 1.71. The minimum Gasteiger partial charge on any atom is -0.355 e. The first-order valence-electron chi connectivity index (χ1n) is 7.63. The molecule has 124 valence electrons. The van der Waals surface area contributed by atoms with E-state index in [4.69, 9.17) is 0 Å². The summed E-state index contributed by atoms with van der Waals surface area (Å²) >= 11 is 0. The topological polar surface area (TPSA) is 65.5 Å². The van der Waals surface area contributed by atoms with Crippen LogP contribution in [0, 0.1) is 5.82 Å². The highest BCUT2D eigenvalue weighted by Gasteiger charge is 2.22. The minimum absolute atomic E-state index is 0.177. The van der Waals surface area contributed by atoms with E-state index in [-0.39, 0.29) is 11.7 Å². The fourth-order valence-electron chi connectivity index (χ4n) is 2.55. The maximum atomic E-state index is 13.2. The zero-order valence-electron chi connectivity index (χ0n) is 13.0. The van der Waals surface area contributed by atoms with Gasteiger partial charge in [-0.2, -0.15) is 0 Å². The van der Waals surface area contributed by atoms with Gasteiger partial charge in [0.05, 0.1) is 0 Å². The van der Waals surface area contributed by atoms with Gasteiger partial charge in [0, 0.05) is 43.8 Å². The second kappa shape index (κ2) is 7.08. The normalized spacial score (nSPS) is 14.4. The highest BCUT2D eigenvalue weighted by molar-refractivity contribution is 5.93. The Kier molecular flexibility index (Phi) is 4.69. The van der Waals surface area contributed by atoms with Crippen molar-refractivity contribution >= 4 is 23.7 Å². The summed E-state index contributed by atoms with van der Waals surface area (Å²) in [6.45, 7) is 2.02. The molecule has 1 aromatic heterocycles. The quantitative estimate of drug-likeness (QED) is 0.871. The fourth-order valence-corrected chi connectivity index (χ4v) is 2.55. The Morgan fingerprint density at radius 3 is 2.58 bits per heavy atom. The molecular formula is C17H17FN4O2. The van der Waals surface area contributed by atoms with E-state index in [0.717, 1.165) is 6.41 Å². The number of amides is 2. The number of hydrogen-bond donors (Lipinski definition) is 1. The lowest BCUT2D eigenvalue weighted by molar-refractivity contribution is -0.119. The maximum absolute atomic E-state index is 13.2. The number of halogens is 1. The van der Waals surface area contributed by atoms with Gasteiger partial charge in [0.15, 0.2) is 0 Å². The number of nitrogens with one attached hydrogen (secondary N) is 1. The van der Waals surface area contributed by atoms with Gasteiger partial charge < -0.3 is 15.1 Å². The smallest absolute Gasteiger partial charge is 0.272 e. The molecule has 24 heavy (non-hydrogen) atoms. The SMILES string of the molecule is O=CN1CCN(C(=O)c2cc(Nc3cccc(F)c3)ccn2)CC1. The molecule has 2 aromatic rings. The standard InChI is InChI=1S/C17H17FN4O2/c18-13-2-1-3-14(10-13)20-15-4-5-19-16(11-15)17(24)22-8-6-21(12-23)7-9-22/h1-5,10-12H,6-9H2,(H,19,20). The van der Waals surface area contributed by atoms with E-state index in [1.807, 2.05) is 0 Å². The van der Waals surface area contributed by atoms with Crippen LogP contribution in [0.4, 0.5) is 15.8 Å². The van der Waals surface area contributed by atoms with E-state index in [0.29, 0.717) is 43.2 Å². The summed E-state index contributed by atoms with van der Waals surface area (Å²) in [5.74, 6) is -0.512. The molecule has 0 atom stereocenters. The van der Waals surface area contributed by atoms with Crippen LogP contribution in [-0.2, 0) is 4.79 Å².